The van der Waals surface area contributed by atoms with Crippen LogP contribution in [0.2, 0.25) is 0 Å². The summed E-state index contributed by atoms with van der Waals surface area (Å²) in [5.41, 5.74) is 6.74. The van der Waals surface area contributed by atoms with Gasteiger partial charge in [0.05, 0.1) is 0 Å². The van der Waals surface area contributed by atoms with Gasteiger partial charge in [-0.25, -0.2) is 0 Å². The van der Waals surface area contributed by atoms with Gasteiger partial charge >= 0.3 is 0 Å². The monoisotopic (exact) mass is 178 g/mol. The summed E-state index contributed by atoms with van der Waals surface area (Å²) in [5.74, 6) is 5.47. The fraction of sp³-hybridized carbons (Fsp3) is 0.455. The first-order valence-corrected chi connectivity index (χ1v) is 4.72. The van der Waals surface area contributed by atoms with Gasteiger partial charge in [0.1, 0.15) is 0 Å². The molecule has 0 aliphatic heterocycles. The van der Waals surface area contributed by atoms with Crippen molar-refractivity contribution in [3.63, 3.8) is 0 Å². The van der Waals surface area contributed by atoms with Crippen LogP contribution in [0.25, 0.3) is 0 Å². The highest BCUT2D eigenvalue weighted by molar-refractivity contribution is 5.32. The normalized spacial score (nSPS) is 12.9. The predicted molar refractivity (Wildman–Crippen MR) is 56.3 cm³/mol. The summed E-state index contributed by atoms with van der Waals surface area (Å²) in [5, 5.41) is 0. The molecule has 1 rings (SSSR count). The van der Waals surface area contributed by atoms with Crippen LogP contribution in [0, 0.1) is 13.8 Å². The minimum atomic E-state index is 0.278. The van der Waals surface area contributed by atoms with Gasteiger partial charge < -0.3 is 0 Å². The van der Waals surface area contributed by atoms with E-state index in [1.807, 2.05) is 0 Å². The number of benzene rings is 1. The number of rotatable bonds is 3. The van der Waals surface area contributed by atoms with E-state index in [1.54, 1.807) is 0 Å². The highest BCUT2D eigenvalue weighted by Gasteiger charge is 2.08. The van der Waals surface area contributed by atoms with Gasteiger partial charge in [0.2, 0.25) is 0 Å². The van der Waals surface area contributed by atoms with E-state index in [0.29, 0.717) is 0 Å². The molecule has 1 unspecified atom stereocenters. The van der Waals surface area contributed by atoms with Crippen LogP contribution >= 0.6 is 0 Å². The molecule has 0 radical (unpaired) electrons. The van der Waals surface area contributed by atoms with E-state index in [0.717, 1.165) is 6.42 Å². The maximum Gasteiger partial charge on any atom is 0.0460 e. The Labute approximate surface area is 80.1 Å². The van der Waals surface area contributed by atoms with Crippen LogP contribution in [0.3, 0.4) is 0 Å². The zero-order valence-corrected chi connectivity index (χ0v) is 8.59. The third-order valence-corrected chi connectivity index (χ3v) is 2.41. The van der Waals surface area contributed by atoms with Crippen molar-refractivity contribution in [3.8, 4) is 0 Å². The van der Waals surface area contributed by atoms with Gasteiger partial charge in [-0.1, -0.05) is 30.7 Å². The summed E-state index contributed by atoms with van der Waals surface area (Å²) in [6.45, 7) is 6.36. The second-order valence-electron chi connectivity index (χ2n) is 3.49. The number of hydrazine groups is 1. The van der Waals surface area contributed by atoms with Crippen LogP contribution in [-0.4, -0.2) is 0 Å². The fourth-order valence-corrected chi connectivity index (χ4v) is 1.64. The summed E-state index contributed by atoms with van der Waals surface area (Å²) < 4.78 is 0. The lowest BCUT2D eigenvalue weighted by Gasteiger charge is -2.16. The standard InChI is InChI=1S/C11H18N2/c1-4-11(13-12)10-6-5-8(2)7-9(10)3/h5-7,11,13H,4,12H2,1-3H3. The first-order valence-electron chi connectivity index (χ1n) is 4.72. The lowest BCUT2D eigenvalue weighted by Crippen LogP contribution is -2.27. The molecule has 1 atom stereocenters. The van der Waals surface area contributed by atoms with Gasteiger partial charge in [0, 0.05) is 6.04 Å². The van der Waals surface area contributed by atoms with Crippen LogP contribution in [-0.2, 0) is 0 Å². The van der Waals surface area contributed by atoms with Crippen LogP contribution in [0.4, 0.5) is 0 Å². The minimum absolute atomic E-state index is 0.278. The molecule has 2 heteroatoms. The molecule has 0 saturated heterocycles. The first kappa shape index (κ1) is 10.2. The summed E-state index contributed by atoms with van der Waals surface area (Å²) in [6.07, 6.45) is 1.01. The molecule has 0 spiro atoms. The number of nitrogens with two attached hydrogens (primary N) is 1. The third kappa shape index (κ3) is 2.29. The SMILES string of the molecule is CCC(NN)c1ccc(C)cc1C. The fourth-order valence-electron chi connectivity index (χ4n) is 1.64. The van der Waals surface area contributed by atoms with Crippen molar-refractivity contribution in [1.29, 1.82) is 0 Å². The van der Waals surface area contributed by atoms with Crippen LogP contribution in [0.15, 0.2) is 18.2 Å². The maximum absolute atomic E-state index is 5.47. The molecule has 2 nitrogen and oxygen atoms in total. The van der Waals surface area contributed by atoms with Crippen molar-refractivity contribution < 1.29 is 0 Å². The molecule has 0 bridgehead atoms. The number of hydrogen-bond acceptors (Lipinski definition) is 2. The topological polar surface area (TPSA) is 38.0 Å². The van der Waals surface area contributed by atoms with Crippen molar-refractivity contribution in [2.24, 2.45) is 5.84 Å². The van der Waals surface area contributed by atoms with Crippen LogP contribution < -0.4 is 11.3 Å². The first-order chi connectivity index (χ1) is 6.19. The Balaban J connectivity index is 2.99. The van der Waals surface area contributed by atoms with E-state index in [9.17, 15) is 0 Å². The molecule has 0 saturated carbocycles. The Morgan fingerprint density at radius 2 is 2.08 bits per heavy atom. The Morgan fingerprint density at radius 1 is 1.38 bits per heavy atom. The van der Waals surface area contributed by atoms with E-state index in [4.69, 9.17) is 5.84 Å². The molecule has 13 heavy (non-hydrogen) atoms. The van der Waals surface area contributed by atoms with Crippen molar-refractivity contribution >= 4 is 0 Å². The van der Waals surface area contributed by atoms with Gasteiger partial charge in [0.25, 0.3) is 0 Å². The molecule has 0 aliphatic rings. The molecule has 1 aromatic rings. The van der Waals surface area contributed by atoms with E-state index in [2.05, 4.69) is 44.4 Å². The van der Waals surface area contributed by atoms with Crippen molar-refractivity contribution in [3.05, 3.63) is 34.9 Å². The minimum Gasteiger partial charge on any atom is -0.271 e. The Morgan fingerprint density at radius 3 is 2.54 bits per heavy atom. The van der Waals surface area contributed by atoms with E-state index in [1.165, 1.54) is 16.7 Å². The lowest BCUT2D eigenvalue weighted by atomic mass is 9.98. The molecule has 1 aromatic carbocycles. The van der Waals surface area contributed by atoms with Crippen molar-refractivity contribution in [1.82, 2.24) is 5.43 Å². The molecular formula is C11H18N2. The Bertz CT molecular complexity index is 277. The quantitative estimate of drug-likeness (QED) is 0.550. The third-order valence-electron chi connectivity index (χ3n) is 2.41. The molecule has 0 aliphatic carbocycles. The lowest BCUT2D eigenvalue weighted by molar-refractivity contribution is 0.536. The Kier molecular flexibility index (Phi) is 3.46. The summed E-state index contributed by atoms with van der Waals surface area (Å²) in [6, 6.07) is 6.75. The molecule has 3 N–H and O–H groups in total. The average molecular weight is 178 g/mol. The van der Waals surface area contributed by atoms with Gasteiger partial charge in [-0.3, -0.25) is 11.3 Å². The molecule has 72 valence electrons. The molecular weight excluding hydrogens is 160 g/mol. The van der Waals surface area contributed by atoms with Crippen molar-refractivity contribution in [2.45, 2.75) is 33.2 Å². The van der Waals surface area contributed by atoms with Crippen LogP contribution in [0.5, 0.6) is 0 Å². The highest BCUT2D eigenvalue weighted by Crippen LogP contribution is 2.20. The second kappa shape index (κ2) is 4.40. The largest absolute Gasteiger partial charge is 0.271 e. The molecule has 0 amide bonds. The van der Waals surface area contributed by atoms with Crippen molar-refractivity contribution in [2.75, 3.05) is 0 Å². The predicted octanol–water partition coefficient (Wildman–Crippen LogP) is 2.22. The number of nitrogens with one attached hydrogen (secondary N) is 1. The number of hydrogen-bond donors (Lipinski definition) is 2. The Hall–Kier alpha value is -0.860. The van der Waals surface area contributed by atoms with Gasteiger partial charge in [-0.15, -0.1) is 0 Å². The number of aryl methyl sites for hydroxylation is 2. The molecule has 0 heterocycles. The zero-order valence-electron chi connectivity index (χ0n) is 8.59. The van der Waals surface area contributed by atoms with Gasteiger partial charge in [-0.05, 0) is 31.4 Å². The van der Waals surface area contributed by atoms with E-state index in [-0.39, 0.29) is 6.04 Å². The summed E-state index contributed by atoms with van der Waals surface area (Å²) in [4.78, 5) is 0. The average Bonchev–Trinajstić information content (AvgIpc) is 2.10. The zero-order chi connectivity index (χ0) is 9.84. The highest BCUT2D eigenvalue weighted by atomic mass is 15.2. The van der Waals surface area contributed by atoms with Gasteiger partial charge in [0.15, 0.2) is 0 Å². The second-order valence-corrected chi connectivity index (χ2v) is 3.49. The van der Waals surface area contributed by atoms with Gasteiger partial charge in [-0.2, -0.15) is 0 Å². The smallest absolute Gasteiger partial charge is 0.0460 e. The molecule has 0 fully saturated rings. The van der Waals surface area contributed by atoms with E-state index >= 15 is 0 Å². The van der Waals surface area contributed by atoms with E-state index < -0.39 is 0 Å². The van der Waals surface area contributed by atoms with Crippen LogP contribution in [0.1, 0.15) is 36.1 Å². The summed E-state index contributed by atoms with van der Waals surface area (Å²) in [7, 11) is 0. The molecule has 0 aromatic heterocycles. The summed E-state index contributed by atoms with van der Waals surface area (Å²) >= 11 is 0. The maximum atomic E-state index is 5.47.